The van der Waals surface area contributed by atoms with Crippen LogP contribution in [0.25, 0.3) is 5.69 Å². The molecular weight excluding hydrogens is 568 g/mol. The summed E-state index contributed by atoms with van der Waals surface area (Å²) in [6.07, 6.45) is -1.30. The fraction of sp³-hybridized carbons (Fsp3) is 0.281. The van der Waals surface area contributed by atoms with Crippen LogP contribution in [0.15, 0.2) is 82.5 Å². The predicted octanol–water partition coefficient (Wildman–Crippen LogP) is 5.08. The number of carbonyl (C=O) groups is 2. The molecule has 0 unspecified atom stereocenters. The van der Waals surface area contributed by atoms with Crippen LogP contribution in [0.4, 0.5) is 11.4 Å². The summed E-state index contributed by atoms with van der Waals surface area (Å²) in [7, 11) is -2.38. The van der Waals surface area contributed by atoms with Crippen molar-refractivity contribution in [1.29, 1.82) is 0 Å². The largest absolute Gasteiger partial charge is 0.449 e. The van der Waals surface area contributed by atoms with E-state index in [1.165, 1.54) is 23.7 Å². The van der Waals surface area contributed by atoms with Crippen LogP contribution < -0.4 is 15.6 Å². The number of aromatic nitrogens is 2. The monoisotopic (exact) mass is 604 g/mol. The molecule has 0 aliphatic rings. The van der Waals surface area contributed by atoms with Crippen molar-refractivity contribution < 1.29 is 22.7 Å². The van der Waals surface area contributed by atoms with E-state index >= 15 is 0 Å². The highest BCUT2D eigenvalue weighted by Gasteiger charge is 2.27. The molecule has 0 saturated heterocycles. The standard InChI is InChI=1S/C32H36N4O6S/c1-20-17-18-23(32(4,5)6)19-27(20)43(40,41)34-26-16-12-11-15-25(26)31(39)42-22(3)29(37)33-28-21(2)35(7)36(30(28)38)24-13-9-8-10-14-24/h8-19,22,34H,1-7H3,(H,33,37)/t22-/m0/s1. The molecule has 4 aromatic rings. The molecule has 0 aliphatic heterocycles. The van der Waals surface area contributed by atoms with Gasteiger partial charge < -0.3 is 10.1 Å². The quantitative estimate of drug-likeness (QED) is 0.270. The Labute approximate surface area is 251 Å². The van der Waals surface area contributed by atoms with Gasteiger partial charge in [-0.05, 0) is 67.6 Å². The topological polar surface area (TPSA) is 128 Å². The third-order valence-electron chi connectivity index (χ3n) is 7.19. The molecular formula is C32H36N4O6S. The molecule has 0 spiro atoms. The molecule has 226 valence electrons. The smallest absolute Gasteiger partial charge is 0.341 e. The van der Waals surface area contributed by atoms with Gasteiger partial charge in [-0.3, -0.25) is 19.0 Å². The van der Waals surface area contributed by atoms with Crippen LogP contribution in [0.2, 0.25) is 0 Å². The van der Waals surface area contributed by atoms with E-state index in [0.717, 1.165) is 5.56 Å². The SMILES string of the molecule is Cc1ccc(C(C)(C)C)cc1S(=O)(=O)Nc1ccccc1C(=O)O[C@@H](C)C(=O)Nc1c(C)n(C)n(-c2ccccc2)c1=O. The maximum absolute atomic E-state index is 13.4. The van der Waals surface area contributed by atoms with Crippen molar-refractivity contribution in [3.8, 4) is 5.69 Å². The number of anilines is 2. The zero-order valence-corrected chi connectivity index (χ0v) is 26.1. The molecule has 0 bridgehead atoms. The van der Waals surface area contributed by atoms with Gasteiger partial charge in [0.25, 0.3) is 21.5 Å². The van der Waals surface area contributed by atoms with Crippen molar-refractivity contribution in [2.75, 3.05) is 10.0 Å². The third-order valence-corrected chi connectivity index (χ3v) is 8.70. The lowest BCUT2D eigenvalue weighted by Crippen LogP contribution is -2.32. The molecule has 1 heterocycles. The number of hydrogen-bond acceptors (Lipinski definition) is 6. The molecule has 0 fully saturated rings. The average Bonchev–Trinajstić information content (AvgIpc) is 3.15. The fourth-order valence-corrected chi connectivity index (χ4v) is 5.87. The van der Waals surface area contributed by atoms with E-state index < -0.39 is 33.6 Å². The Kier molecular flexibility index (Phi) is 8.68. The Morgan fingerprint density at radius 1 is 0.930 bits per heavy atom. The molecule has 3 aromatic carbocycles. The average molecular weight is 605 g/mol. The Hall–Kier alpha value is -4.64. The summed E-state index contributed by atoms with van der Waals surface area (Å²) < 4.78 is 37.9. The summed E-state index contributed by atoms with van der Waals surface area (Å²) in [6, 6.07) is 20.2. The molecule has 0 aliphatic carbocycles. The number of para-hydroxylation sites is 2. The Balaban J connectivity index is 1.54. The van der Waals surface area contributed by atoms with Gasteiger partial charge in [0.15, 0.2) is 6.10 Å². The zero-order valence-electron chi connectivity index (χ0n) is 25.3. The second-order valence-corrected chi connectivity index (χ2v) is 13.0. The second kappa shape index (κ2) is 11.9. The van der Waals surface area contributed by atoms with E-state index in [-0.39, 0.29) is 27.2 Å². The number of carbonyl (C=O) groups excluding carboxylic acids is 2. The van der Waals surface area contributed by atoms with E-state index in [1.54, 1.807) is 74.1 Å². The summed E-state index contributed by atoms with van der Waals surface area (Å²) in [5, 5.41) is 2.58. The van der Waals surface area contributed by atoms with Gasteiger partial charge in [-0.2, -0.15) is 0 Å². The Morgan fingerprint density at radius 2 is 1.56 bits per heavy atom. The van der Waals surface area contributed by atoms with Crippen LogP contribution in [0.5, 0.6) is 0 Å². The summed E-state index contributed by atoms with van der Waals surface area (Å²) in [5.41, 5.74) is 1.79. The summed E-state index contributed by atoms with van der Waals surface area (Å²) in [6.45, 7) is 10.7. The minimum atomic E-state index is -4.08. The Bertz CT molecular complexity index is 1850. The summed E-state index contributed by atoms with van der Waals surface area (Å²) in [5.74, 6) is -1.63. The molecule has 4 rings (SSSR count). The fourth-order valence-electron chi connectivity index (χ4n) is 4.52. The first-order chi connectivity index (χ1) is 20.1. The number of amides is 1. The van der Waals surface area contributed by atoms with E-state index in [4.69, 9.17) is 4.74 Å². The molecule has 1 aromatic heterocycles. The molecule has 0 radical (unpaired) electrons. The maximum Gasteiger partial charge on any atom is 0.341 e. The van der Waals surface area contributed by atoms with E-state index in [1.807, 2.05) is 32.9 Å². The highest BCUT2D eigenvalue weighted by atomic mass is 32.2. The van der Waals surface area contributed by atoms with Crippen molar-refractivity contribution >= 4 is 33.3 Å². The Morgan fingerprint density at radius 3 is 2.21 bits per heavy atom. The van der Waals surface area contributed by atoms with Crippen molar-refractivity contribution in [3.05, 3.63) is 106 Å². The highest BCUT2D eigenvalue weighted by molar-refractivity contribution is 7.92. The predicted molar refractivity (Wildman–Crippen MR) is 166 cm³/mol. The van der Waals surface area contributed by atoms with Gasteiger partial charge in [0.2, 0.25) is 0 Å². The number of hydrogen-bond donors (Lipinski definition) is 2. The first kappa shape index (κ1) is 31.3. The van der Waals surface area contributed by atoms with Crippen LogP contribution >= 0.6 is 0 Å². The number of ether oxygens (including phenoxy) is 1. The van der Waals surface area contributed by atoms with Crippen molar-refractivity contribution in [1.82, 2.24) is 9.36 Å². The number of esters is 1. The van der Waals surface area contributed by atoms with Gasteiger partial charge in [0.05, 0.1) is 27.5 Å². The van der Waals surface area contributed by atoms with Gasteiger partial charge in [-0.1, -0.05) is 63.2 Å². The minimum Gasteiger partial charge on any atom is -0.449 e. The summed E-state index contributed by atoms with van der Waals surface area (Å²) >= 11 is 0. The van der Waals surface area contributed by atoms with E-state index in [0.29, 0.717) is 16.9 Å². The lowest BCUT2D eigenvalue weighted by Gasteiger charge is -2.21. The van der Waals surface area contributed by atoms with E-state index in [2.05, 4.69) is 10.0 Å². The molecule has 0 saturated carbocycles. The van der Waals surface area contributed by atoms with Crippen LogP contribution in [0.1, 0.15) is 54.9 Å². The molecule has 1 atom stereocenters. The normalized spacial score (nSPS) is 12.4. The molecule has 1 amide bonds. The number of rotatable bonds is 8. The number of nitrogens with zero attached hydrogens (tertiary/aromatic N) is 2. The van der Waals surface area contributed by atoms with Crippen LogP contribution in [0.3, 0.4) is 0 Å². The lowest BCUT2D eigenvalue weighted by molar-refractivity contribution is -0.123. The van der Waals surface area contributed by atoms with Crippen LogP contribution in [0, 0.1) is 13.8 Å². The van der Waals surface area contributed by atoms with Gasteiger partial charge >= 0.3 is 5.97 Å². The van der Waals surface area contributed by atoms with Gasteiger partial charge in [0.1, 0.15) is 5.69 Å². The minimum absolute atomic E-state index is 0.00493. The van der Waals surface area contributed by atoms with Gasteiger partial charge in [0, 0.05) is 7.05 Å². The van der Waals surface area contributed by atoms with Gasteiger partial charge in [-0.25, -0.2) is 17.9 Å². The molecule has 2 N–H and O–H groups in total. The third kappa shape index (κ3) is 6.56. The summed E-state index contributed by atoms with van der Waals surface area (Å²) in [4.78, 5) is 39.5. The van der Waals surface area contributed by atoms with Crippen molar-refractivity contribution in [2.45, 2.75) is 58.0 Å². The number of benzene rings is 3. The molecule has 11 heteroatoms. The first-order valence-corrected chi connectivity index (χ1v) is 15.2. The maximum atomic E-state index is 13.4. The van der Waals surface area contributed by atoms with E-state index in [9.17, 15) is 22.8 Å². The first-order valence-electron chi connectivity index (χ1n) is 13.7. The van der Waals surface area contributed by atoms with Crippen LogP contribution in [-0.2, 0) is 32.0 Å². The highest BCUT2D eigenvalue weighted by Crippen LogP contribution is 2.29. The zero-order chi connectivity index (χ0) is 31.7. The number of sulfonamides is 1. The molecule has 10 nitrogen and oxygen atoms in total. The second-order valence-electron chi connectivity index (χ2n) is 11.4. The number of nitrogens with one attached hydrogen (secondary N) is 2. The lowest BCUT2D eigenvalue weighted by atomic mass is 9.87. The van der Waals surface area contributed by atoms with Gasteiger partial charge in [-0.15, -0.1) is 0 Å². The van der Waals surface area contributed by atoms with Crippen LogP contribution in [-0.4, -0.2) is 35.8 Å². The van der Waals surface area contributed by atoms with Crippen molar-refractivity contribution in [3.63, 3.8) is 0 Å². The number of aryl methyl sites for hydroxylation is 1. The van der Waals surface area contributed by atoms with Crippen molar-refractivity contribution in [2.24, 2.45) is 7.05 Å². The molecule has 43 heavy (non-hydrogen) atoms.